The Hall–Kier alpha value is -1.93. The minimum absolute atomic E-state index is 0.0804. The molecule has 1 saturated carbocycles. The quantitative estimate of drug-likeness (QED) is 0.330. The number of thioether (sulfide) groups is 1. The summed E-state index contributed by atoms with van der Waals surface area (Å²) in [6.45, 7) is 7.93. The van der Waals surface area contributed by atoms with E-state index < -0.39 is 5.41 Å². The second-order valence-electron chi connectivity index (χ2n) is 8.31. The summed E-state index contributed by atoms with van der Waals surface area (Å²) >= 11 is 6.57. The first-order valence-electron chi connectivity index (χ1n) is 9.59. The maximum absolute atomic E-state index is 13.0. The largest absolute Gasteiger partial charge is 0.497 e. The van der Waals surface area contributed by atoms with Crippen molar-refractivity contribution in [3.8, 4) is 5.75 Å². The Bertz CT molecular complexity index is 866. The fraction of sp³-hybridized carbons (Fsp3) is 0.524. The van der Waals surface area contributed by atoms with E-state index in [1.807, 2.05) is 52.0 Å². The van der Waals surface area contributed by atoms with E-state index in [-0.39, 0.29) is 29.0 Å². The molecule has 156 valence electrons. The number of nitrogens with zero attached hydrogens (tertiary/aromatic N) is 2. The number of thiocarbonyl (C=S) groups is 1. The molecule has 3 rings (SSSR count). The molecule has 0 unspecified atom stereocenters. The molecule has 8 heteroatoms. The van der Waals surface area contributed by atoms with Crippen LogP contribution in [0.4, 0.5) is 0 Å². The van der Waals surface area contributed by atoms with E-state index in [9.17, 15) is 9.59 Å². The van der Waals surface area contributed by atoms with Crippen molar-refractivity contribution in [2.45, 2.75) is 40.5 Å². The van der Waals surface area contributed by atoms with Crippen molar-refractivity contribution in [3.63, 3.8) is 0 Å². The van der Waals surface area contributed by atoms with Crippen LogP contribution in [0.2, 0.25) is 0 Å². The van der Waals surface area contributed by atoms with Crippen molar-refractivity contribution in [1.29, 1.82) is 0 Å². The van der Waals surface area contributed by atoms with Gasteiger partial charge in [0.15, 0.2) is 4.32 Å². The third-order valence-electron chi connectivity index (χ3n) is 6.66. The Morgan fingerprint density at radius 3 is 2.59 bits per heavy atom. The molecule has 6 nitrogen and oxygen atoms in total. The second kappa shape index (κ2) is 8.07. The number of benzene rings is 1. The zero-order valence-electron chi connectivity index (χ0n) is 17.4. The van der Waals surface area contributed by atoms with Crippen LogP contribution in [0.25, 0.3) is 0 Å². The number of ether oxygens (including phenoxy) is 1. The summed E-state index contributed by atoms with van der Waals surface area (Å²) in [6, 6.07) is 7.56. The van der Waals surface area contributed by atoms with Gasteiger partial charge in [-0.1, -0.05) is 44.8 Å². The van der Waals surface area contributed by atoms with E-state index in [0.29, 0.717) is 4.32 Å². The predicted molar refractivity (Wildman–Crippen MR) is 120 cm³/mol. The van der Waals surface area contributed by atoms with Crippen molar-refractivity contribution in [2.75, 3.05) is 13.0 Å². The maximum Gasteiger partial charge on any atom is 0.236 e. The Balaban J connectivity index is 1.59. The Labute approximate surface area is 181 Å². The standard InChI is InChI=1S/C21H27N3O3S2/c1-13(14-6-8-15(27-5)9-7-14)22-23-19(28)29-12-24-17(25)16-10-11-21(4,18(24)26)20(16,2)3/h6-9,16H,10-12H2,1-5H3,(H,23,28)/b22-13-/t16-,21-/m0/s1. The van der Waals surface area contributed by atoms with Gasteiger partial charge in [0.05, 0.1) is 24.1 Å². The van der Waals surface area contributed by atoms with Crippen LogP contribution in [-0.2, 0) is 9.59 Å². The van der Waals surface area contributed by atoms with Crippen molar-refractivity contribution in [2.24, 2.45) is 21.8 Å². The number of carbonyl (C=O) groups excluding carboxylic acids is 2. The summed E-state index contributed by atoms with van der Waals surface area (Å²) in [5.74, 6) is 0.714. The molecule has 29 heavy (non-hydrogen) atoms. The number of fused-ring (bicyclic) bond motifs is 2. The molecule has 0 radical (unpaired) electrons. The van der Waals surface area contributed by atoms with Crippen LogP contribution >= 0.6 is 24.0 Å². The van der Waals surface area contributed by atoms with Crippen LogP contribution in [0.3, 0.4) is 0 Å². The first-order chi connectivity index (χ1) is 13.6. The predicted octanol–water partition coefficient (Wildman–Crippen LogP) is 3.80. The van der Waals surface area contributed by atoms with E-state index in [1.54, 1.807) is 7.11 Å². The lowest BCUT2D eigenvalue weighted by molar-refractivity contribution is -0.166. The molecular weight excluding hydrogens is 406 g/mol. The van der Waals surface area contributed by atoms with Gasteiger partial charge >= 0.3 is 0 Å². The summed E-state index contributed by atoms with van der Waals surface area (Å²) in [5, 5.41) is 4.31. The molecule has 1 saturated heterocycles. The van der Waals surface area contributed by atoms with Crippen molar-refractivity contribution in [3.05, 3.63) is 29.8 Å². The Morgan fingerprint density at radius 1 is 1.31 bits per heavy atom. The highest BCUT2D eigenvalue weighted by molar-refractivity contribution is 8.22. The molecule has 1 heterocycles. The van der Waals surface area contributed by atoms with Gasteiger partial charge in [-0.05, 0) is 55.0 Å². The highest BCUT2D eigenvalue weighted by atomic mass is 32.2. The molecule has 2 aliphatic rings. The Kier molecular flexibility index (Phi) is 6.06. The van der Waals surface area contributed by atoms with E-state index in [2.05, 4.69) is 10.5 Å². The number of rotatable bonds is 5. The van der Waals surface area contributed by atoms with Crippen LogP contribution in [0.1, 0.15) is 46.1 Å². The van der Waals surface area contributed by atoms with E-state index in [1.165, 1.54) is 16.7 Å². The summed E-state index contributed by atoms with van der Waals surface area (Å²) in [6.07, 6.45) is 1.52. The van der Waals surface area contributed by atoms with Crippen LogP contribution in [-0.4, -0.2) is 39.7 Å². The van der Waals surface area contributed by atoms with Crippen LogP contribution in [0, 0.1) is 16.7 Å². The molecule has 2 bridgehead atoms. The van der Waals surface area contributed by atoms with Gasteiger partial charge in [-0.25, -0.2) is 0 Å². The number of methoxy groups -OCH3 is 1. The lowest BCUT2D eigenvalue weighted by Crippen LogP contribution is -2.58. The normalized spacial score (nSPS) is 25.9. The minimum Gasteiger partial charge on any atom is -0.497 e. The van der Waals surface area contributed by atoms with Crippen molar-refractivity contribution >= 4 is 45.8 Å². The molecule has 1 aliphatic carbocycles. The molecule has 2 fully saturated rings. The van der Waals surface area contributed by atoms with Gasteiger partial charge in [0.25, 0.3) is 0 Å². The van der Waals surface area contributed by atoms with E-state index in [4.69, 9.17) is 17.0 Å². The van der Waals surface area contributed by atoms with Crippen molar-refractivity contribution in [1.82, 2.24) is 10.3 Å². The summed E-state index contributed by atoms with van der Waals surface area (Å²) in [4.78, 5) is 27.3. The smallest absolute Gasteiger partial charge is 0.236 e. The fourth-order valence-electron chi connectivity index (χ4n) is 4.21. The second-order valence-corrected chi connectivity index (χ2v) is 9.94. The third kappa shape index (κ3) is 3.80. The molecule has 1 aliphatic heterocycles. The summed E-state index contributed by atoms with van der Waals surface area (Å²) in [7, 11) is 1.62. The topological polar surface area (TPSA) is 71.0 Å². The first kappa shape index (κ1) is 21.8. The summed E-state index contributed by atoms with van der Waals surface area (Å²) < 4.78 is 5.57. The van der Waals surface area contributed by atoms with Gasteiger partial charge in [0, 0.05) is 5.92 Å². The molecule has 1 N–H and O–H groups in total. The number of piperidine rings is 1. The number of hydrogen-bond acceptors (Lipinski definition) is 6. The van der Waals surface area contributed by atoms with Gasteiger partial charge in [0.2, 0.25) is 11.8 Å². The first-order valence-corrected chi connectivity index (χ1v) is 11.0. The highest BCUT2D eigenvalue weighted by Crippen LogP contribution is 2.60. The van der Waals surface area contributed by atoms with Gasteiger partial charge in [-0.2, -0.15) is 5.10 Å². The van der Waals surface area contributed by atoms with Gasteiger partial charge in [-0.15, -0.1) is 0 Å². The number of imide groups is 1. The van der Waals surface area contributed by atoms with Crippen LogP contribution < -0.4 is 10.2 Å². The molecule has 1 aromatic rings. The lowest BCUT2D eigenvalue weighted by Gasteiger charge is -2.47. The minimum atomic E-state index is -0.496. The van der Waals surface area contributed by atoms with Crippen LogP contribution in [0.5, 0.6) is 5.75 Å². The monoisotopic (exact) mass is 433 g/mol. The zero-order valence-corrected chi connectivity index (χ0v) is 19.1. The van der Waals surface area contributed by atoms with E-state index >= 15 is 0 Å². The zero-order chi connectivity index (χ0) is 21.4. The molecular formula is C21H27N3O3S2. The molecule has 2 atom stereocenters. The molecule has 0 aromatic heterocycles. The SMILES string of the molecule is COc1ccc(/C(C)=N\NC(=S)SCN2C(=O)[C@@H]3CC[C@@](C)(C2=O)C3(C)C)cc1. The maximum atomic E-state index is 13.0. The van der Waals surface area contributed by atoms with Crippen molar-refractivity contribution < 1.29 is 14.3 Å². The number of likely N-dealkylation sites (tertiary alicyclic amines) is 1. The average Bonchev–Trinajstić information content (AvgIpc) is 2.89. The summed E-state index contributed by atoms with van der Waals surface area (Å²) in [5.41, 5.74) is 3.76. The van der Waals surface area contributed by atoms with Gasteiger partial charge in [-0.3, -0.25) is 19.9 Å². The molecule has 2 amide bonds. The fourth-order valence-corrected chi connectivity index (χ4v) is 5.01. The number of amides is 2. The molecule has 1 aromatic carbocycles. The van der Waals surface area contributed by atoms with Crippen LogP contribution in [0.15, 0.2) is 29.4 Å². The number of nitrogens with one attached hydrogen (secondary N) is 1. The van der Waals surface area contributed by atoms with Gasteiger partial charge in [0.1, 0.15) is 5.75 Å². The number of carbonyl (C=O) groups is 2. The Morgan fingerprint density at radius 2 is 1.97 bits per heavy atom. The molecule has 0 spiro atoms. The third-order valence-corrected chi connectivity index (χ3v) is 7.84. The lowest BCUT2D eigenvalue weighted by atomic mass is 9.62. The number of hydrogen-bond donors (Lipinski definition) is 1. The van der Waals surface area contributed by atoms with Gasteiger partial charge < -0.3 is 4.74 Å². The average molecular weight is 434 g/mol. The highest BCUT2D eigenvalue weighted by Gasteiger charge is 2.64. The number of hydrazone groups is 1. The van der Waals surface area contributed by atoms with E-state index in [0.717, 1.165) is 29.9 Å².